The molecule has 0 amide bonds. The van der Waals surface area contributed by atoms with Gasteiger partial charge >= 0.3 is 0 Å². The van der Waals surface area contributed by atoms with Gasteiger partial charge in [0.15, 0.2) is 5.78 Å². The molecule has 0 saturated heterocycles. The highest BCUT2D eigenvalue weighted by atomic mass is 35.5. The molecule has 0 bridgehead atoms. The van der Waals surface area contributed by atoms with E-state index in [1.165, 1.54) is 0 Å². The largest absolute Gasteiger partial charge is 0.375 e. The molecule has 4 heteroatoms. The van der Waals surface area contributed by atoms with Gasteiger partial charge in [-0.25, -0.2) is 0 Å². The Morgan fingerprint density at radius 1 is 1.10 bits per heavy atom. The molecule has 0 saturated carbocycles. The number of hydrogen-bond donors (Lipinski definition) is 1. The number of halogens is 1. The molecule has 2 atom stereocenters. The zero-order valence-electron chi connectivity index (χ0n) is 12.0. The number of carbonyl (C=O) groups excluding carboxylic acids is 1. The lowest BCUT2D eigenvalue weighted by Gasteiger charge is -2.25. The molecule has 0 heterocycles. The molecule has 0 unspecified atom stereocenters. The van der Waals surface area contributed by atoms with E-state index in [1.807, 2.05) is 30.3 Å². The minimum absolute atomic E-state index is 0.0000926. The van der Waals surface area contributed by atoms with Gasteiger partial charge in [-0.1, -0.05) is 54.1 Å². The van der Waals surface area contributed by atoms with Gasteiger partial charge in [0.05, 0.1) is 0 Å². The van der Waals surface area contributed by atoms with E-state index >= 15 is 0 Å². The van der Waals surface area contributed by atoms with Crippen molar-refractivity contribution in [1.29, 1.82) is 0 Å². The first-order valence-electron chi connectivity index (χ1n) is 6.72. The number of hydrogen-bond acceptors (Lipinski definition) is 3. The van der Waals surface area contributed by atoms with E-state index in [2.05, 4.69) is 5.32 Å². The molecule has 0 aliphatic carbocycles. The summed E-state index contributed by atoms with van der Waals surface area (Å²) in [5, 5.41) is 3.71. The molecule has 1 N–H and O–H groups in total. The van der Waals surface area contributed by atoms with Crippen LogP contribution in [0, 0.1) is 0 Å². The predicted molar refractivity (Wildman–Crippen MR) is 84.8 cm³/mol. The van der Waals surface area contributed by atoms with Crippen molar-refractivity contribution in [3.8, 4) is 0 Å². The Balaban J connectivity index is 2.29. The number of methoxy groups -OCH3 is 1. The summed E-state index contributed by atoms with van der Waals surface area (Å²) in [5.74, 6) is -0.0000926. The Morgan fingerprint density at radius 2 is 1.71 bits per heavy atom. The highest BCUT2D eigenvalue weighted by Gasteiger charge is 2.28. The van der Waals surface area contributed by atoms with Crippen molar-refractivity contribution in [1.82, 2.24) is 5.32 Å². The molecule has 21 heavy (non-hydrogen) atoms. The van der Waals surface area contributed by atoms with Crippen molar-refractivity contribution >= 4 is 17.4 Å². The van der Waals surface area contributed by atoms with Gasteiger partial charge in [-0.05, 0) is 24.7 Å². The maximum Gasteiger partial charge on any atom is 0.182 e. The van der Waals surface area contributed by atoms with Crippen LogP contribution in [0.15, 0.2) is 54.6 Å². The molecular weight excluding hydrogens is 286 g/mol. The summed E-state index contributed by atoms with van der Waals surface area (Å²) in [4.78, 5) is 12.6. The third kappa shape index (κ3) is 3.70. The molecule has 0 aromatic heterocycles. The highest BCUT2D eigenvalue weighted by Crippen LogP contribution is 2.24. The first-order valence-corrected chi connectivity index (χ1v) is 7.10. The number of rotatable bonds is 6. The lowest BCUT2D eigenvalue weighted by atomic mass is 9.95. The molecule has 2 aromatic rings. The maximum atomic E-state index is 12.6. The Hall–Kier alpha value is -1.68. The van der Waals surface area contributed by atoms with E-state index < -0.39 is 6.04 Å². The first-order chi connectivity index (χ1) is 10.2. The van der Waals surface area contributed by atoms with Crippen LogP contribution in [0.3, 0.4) is 0 Å². The van der Waals surface area contributed by atoms with Crippen LogP contribution in [0.1, 0.15) is 22.0 Å². The highest BCUT2D eigenvalue weighted by molar-refractivity contribution is 6.30. The van der Waals surface area contributed by atoms with Crippen LogP contribution < -0.4 is 5.32 Å². The first kappa shape index (κ1) is 15.7. The third-order valence-electron chi connectivity index (χ3n) is 3.41. The summed E-state index contributed by atoms with van der Waals surface area (Å²) >= 11 is 5.91. The predicted octanol–water partition coefficient (Wildman–Crippen LogP) is 3.50. The normalized spacial score (nSPS) is 13.7. The van der Waals surface area contributed by atoms with Crippen molar-refractivity contribution in [2.75, 3.05) is 14.2 Å². The van der Waals surface area contributed by atoms with Gasteiger partial charge < -0.3 is 10.1 Å². The van der Waals surface area contributed by atoms with Crippen LogP contribution in [-0.2, 0) is 4.74 Å². The van der Waals surface area contributed by atoms with Gasteiger partial charge in [0.1, 0.15) is 12.1 Å². The number of nitrogens with one attached hydrogen (secondary N) is 1. The Labute approximate surface area is 129 Å². The zero-order valence-corrected chi connectivity index (χ0v) is 12.8. The van der Waals surface area contributed by atoms with Crippen LogP contribution in [0.2, 0.25) is 5.02 Å². The van der Waals surface area contributed by atoms with Crippen LogP contribution >= 0.6 is 11.6 Å². The Morgan fingerprint density at radius 3 is 2.24 bits per heavy atom. The third-order valence-corrected chi connectivity index (χ3v) is 3.66. The van der Waals surface area contributed by atoms with Crippen molar-refractivity contribution in [3.63, 3.8) is 0 Å². The van der Waals surface area contributed by atoms with Gasteiger partial charge in [-0.3, -0.25) is 4.79 Å². The lowest BCUT2D eigenvalue weighted by Crippen LogP contribution is -2.40. The van der Waals surface area contributed by atoms with E-state index in [9.17, 15) is 4.79 Å². The topological polar surface area (TPSA) is 38.3 Å². The van der Waals surface area contributed by atoms with Crippen molar-refractivity contribution in [2.45, 2.75) is 12.1 Å². The zero-order chi connectivity index (χ0) is 15.2. The molecule has 0 radical (unpaired) electrons. The van der Waals surface area contributed by atoms with E-state index in [1.54, 1.807) is 38.4 Å². The smallest absolute Gasteiger partial charge is 0.182 e. The van der Waals surface area contributed by atoms with E-state index in [0.29, 0.717) is 10.6 Å². The fourth-order valence-electron chi connectivity index (χ4n) is 2.32. The molecule has 0 aliphatic heterocycles. The van der Waals surface area contributed by atoms with Crippen molar-refractivity contribution in [2.24, 2.45) is 0 Å². The van der Waals surface area contributed by atoms with Gasteiger partial charge in [0.2, 0.25) is 0 Å². The number of ether oxygens (including phenoxy) is 1. The van der Waals surface area contributed by atoms with Crippen molar-refractivity contribution in [3.05, 3.63) is 70.7 Å². The number of carbonyl (C=O) groups is 1. The Kier molecular flexibility index (Phi) is 5.51. The number of likely N-dealkylation sites (N-methyl/N-ethyl adjacent to an activating group) is 1. The fourth-order valence-corrected chi connectivity index (χ4v) is 2.44. The second kappa shape index (κ2) is 7.36. The summed E-state index contributed by atoms with van der Waals surface area (Å²) in [6.07, 6.45) is -0.375. The molecule has 110 valence electrons. The lowest BCUT2D eigenvalue weighted by molar-refractivity contribution is 0.0565. The Bertz CT molecular complexity index is 583. The van der Waals surface area contributed by atoms with Crippen LogP contribution in [0.5, 0.6) is 0 Å². The molecular formula is C17H18ClNO2. The number of benzene rings is 2. The average molecular weight is 304 g/mol. The molecule has 3 nitrogen and oxygen atoms in total. The van der Waals surface area contributed by atoms with Gasteiger partial charge in [0.25, 0.3) is 0 Å². The van der Waals surface area contributed by atoms with Crippen LogP contribution in [-0.4, -0.2) is 26.0 Å². The standard InChI is InChI=1S/C17H18ClNO2/c1-19-15(16(20)12-6-4-3-5-7-12)17(21-2)13-8-10-14(18)11-9-13/h3-11,15,17,19H,1-2H3/t15-,17-/m1/s1. The summed E-state index contributed by atoms with van der Waals surface area (Å²) in [6.45, 7) is 0. The quantitative estimate of drug-likeness (QED) is 0.830. The van der Waals surface area contributed by atoms with Gasteiger partial charge in [-0.2, -0.15) is 0 Å². The summed E-state index contributed by atoms with van der Waals surface area (Å²) in [7, 11) is 3.36. The van der Waals surface area contributed by atoms with Crippen LogP contribution in [0.4, 0.5) is 0 Å². The average Bonchev–Trinajstić information content (AvgIpc) is 2.54. The van der Waals surface area contributed by atoms with Gasteiger partial charge in [-0.15, -0.1) is 0 Å². The maximum absolute atomic E-state index is 12.6. The monoisotopic (exact) mass is 303 g/mol. The summed E-state index contributed by atoms with van der Waals surface area (Å²) in [5.41, 5.74) is 1.57. The SMILES string of the molecule is CN[C@H](C(=O)c1ccccc1)[C@H](OC)c1ccc(Cl)cc1. The van der Waals surface area contributed by atoms with Gasteiger partial charge in [0, 0.05) is 17.7 Å². The number of ketones is 1. The second-order valence-corrected chi connectivity index (χ2v) is 5.14. The minimum atomic E-state index is -0.460. The molecule has 2 rings (SSSR count). The van der Waals surface area contributed by atoms with E-state index in [0.717, 1.165) is 5.56 Å². The van der Waals surface area contributed by atoms with Crippen LogP contribution in [0.25, 0.3) is 0 Å². The van der Waals surface area contributed by atoms with E-state index in [4.69, 9.17) is 16.3 Å². The number of Topliss-reactive ketones (excluding diaryl/α,β-unsaturated/α-hetero) is 1. The molecule has 0 spiro atoms. The fraction of sp³-hybridized carbons (Fsp3) is 0.235. The molecule has 2 aromatic carbocycles. The summed E-state index contributed by atoms with van der Waals surface area (Å²) < 4.78 is 5.55. The minimum Gasteiger partial charge on any atom is -0.375 e. The molecule has 0 fully saturated rings. The second-order valence-electron chi connectivity index (χ2n) is 4.70. The summed E-state index contributed by atoms with van der Waals surface area (Å²) in [6, 6.07) is 16.1. The van der Waals surface area contributed by atoms with Crippen molar-refractivity contribution < 1.29 is 9.53 Å². The molecule has 0 aliphatic rings. The van der Waals surface area contributed by atoms with E-state index in [-0.39, 0.29) is 11.9 Å².